The Balaban J connectivity index is 0.000000203. The number of carboxylic acid groups (broad SMARTS) is 1. The number of rotatable bonds is 10. The lowest BCUT2D eigenvalue weighted by atomic mass is 9.95. The van der Waals surface area contributed by atoms with E-state index in [0.717, 1.165) is 113 Å². The Hall–Kier alpha value is -7.27. The van der Waals surface area contributed by atoms with Crippen molar-refractivity contribution in [3.05, 3.63) is 118 Å². The number of nitrogens with zero attached hydrogens (tertiary/aromatic N) is 9. The van der Waals surface area contributed by atoms with Gasteiger partial charge in [0.1, 0.15) is 47.4 Å². The highest BCUT2D eigenvalue weighted by Crippen LogP contribution is 2.34. The van der Waals surface area contributed by atoms with Gasteiger partial charge in [-0.3, -0.25) is 27.6 Å². The number of allylic oxidation sites excluding steroid dienone is 2. The second-order valence-electron chi connectivity index (χ2n) is 19.4. The Bertz CT molecular complexity index is 3180. The molecule has 1 amide bonds. The number of aldehydes is 1. The average molecular weight is 1150 g/mol. The second kappa shape index (κ2) is 31.2. The largest absolute Gasteiger partial charge is 0.493 e. The lowest BCUT2D eigenvalue weighted by Crippen LogP contribution is -2.40. The van der Waals surface area contributed by atoms with E-state index >= 15 is 0 Å². The maximum atomic E-state index is 14.6. The first-order chi connectivity index (χ1) is 40.2. The second-order valence-corrected chi connectivity index (χ2v) is 19.4. The number of aliphatic carboxylic acids is 1. The van der Waals surface area contributed by atoms with E-state index in [0.29, 0.717) is 104 Å². The Morgan fingerprint density at radius 3 is 1.61 bits per heavy atom. The van der Waals surface area contributed by atoms with Crippen LogP contribution in [-0.4, -0.2) is 133 Å². The zero-order chi connectivity index (χ0) is 59.3. The SMILES string of the molecule is C.Fc1ccc2c(c1CCc1ncc(C3=CCCCC3)c3nncn13)CCO2.O=C(C1CCOCC1)N1CC=C(c2cnc(CCc3c(F)ccc4c3CCO4)n3cnnc23)CC1.O=C(O)C1CCOCC1.O=CC(F)(F)F.[2H]CC.[2H]CF. The molecule has 2 fully saturated rings. The van der Waals surface area contributed by atoms with E-state index < -0.39 is 25.6 Å². The van der Waals surface area contributed by atoms with Crippen molar-refractivity contribution < 1.29 is 67.5 Å². The zero-order valence-corrected chi connectivity index (χ0v) is 45.3. The molecule has 12 rings (SSSR count). The number of aromatic nitrogens is 8. The normalized spacial score (nSPS) is 16.9. The highest BCUT2D eigenvalue weighted by molar-refractivity contribution is 5.82. The van der Waals surface area contributed by atoms with Crippen LogP contribution < -0.4 is 9.47 Å². The number of halogens is 6. The molecule has 4 aromatic heterocycles. The molecule has 1 aliphatic carbocycles. The molecule has 82 heavy (non-hydrogen) atoms. The Labute approximate surface area is 476 Å². The molecule has 0 unspecified atom stereocenters. The van der Waals surface area contributed by atoms with Gasteiger partial charge >= 0.3 is 12.1 Å². The number of alkyl halides is 4. The molecule has 6 aromatic rings. The number of benzene rings is 2. The van der Waals surface area contributed by atoms with Crippen LogP contribution in [0.4, 0.5) is 26.3 Å². The van der Waals surface area contributed by atoms with Gasteiger partial charge in [-0.15, -0.1) is 20.4 Å². The number of hydrogen-bond acceptors (Lipinski definition) is 13. The van der Waals surface area contributed by atoms with Crippen LogP contribution in [0.5, 0.6) is 11.5 Å². The number of fused-ring (bicyclic) bond motifs is 4. The number of carbonyl (C=O) groups excluding carboxylic acids is 2. The first kappa shape index (κ1) is 60.8. The highest BCUT2D eigenvalue weighted by atomic mass is 19.4. The summed E-state index contributed by atoms with van der Waals surface area (Å²) in [7, 11) is -1.00. The summed E-state index contributed by atoms with van der Waals surface area (Å²) in [4.78, 5) is 43.2. The molecular formula is C59H73F6N9O8. The van der Waals surface area contributed by atoms with Crippen molar-refractivity contribution in [3.63, 3.8) is 0 Å². The predicted molar refractivity (Wildman–Crippen MR) is 295 cm³/mol. The fourth-order valence-electron chi connectivity index (χ4n) is 10.5. The first-order valence-corrected chi connectivity index (χ1v) is 27.1. The van der Waals surface area contributed by atoms with E-state index in [-0.39, 0.29) is 36.8 Å². The summed E-state index contributed by atoms with van der Waals surface area (Å²) in [5, 5.41) is 25.4. The summed E-state index contributed by atoms with van der Waals surface area (Å²) < 4.78 is 107. The molecule has 1 N–H and O–H groups in total. The predicted octanol–water partition coefficient (Wildman–Crippen LogP) is 10.5. The van der Waals surface area contributed by atoms with Gasteiger partial charge in [0.25, 0.3) is 0 Å². The van der Waals surface area contributed by atoms with Crippen molar-refractivity contribution >= 4 is 40.6 Å². The number of amides is 1. The van der Waals surface area contributed by atoms with Crippen molar-refractivity contribution in [1.82, 2.24) is 44.1 Å². The standard InChI is InChI=1S/C26H28FN5O3.C21H21FN4O.C6H10O3.C2HF3O.C2H6.CH3F.CH4/c27-22-2-3-23-20(9-14-35-23)19(22)1-4-24-28-15-21(25-30-29-16-32(24)25)17-5-10-31(11-6-17)26(33)18-7-12-34-13-8-18;22-18-7-8-19-16(10-11-27-19)15(18)6-9-20-23-12-17(14-4-2-1-3-5-14)21-25-24-13-26(20)21;7-6(8)5-1-3-9-4-2-5;3-2(4,5)1-6;2*1-2;/h2-3,5,15-16,18H,1,4,6-14H2;4,7-8,12-13H,1-3,5-6,9-11H2;5H,1-4H2,(H,7,8);1H;1-2H3;1H3;1H4/i;;;;2*1D;. The van der Waals surface area contributed by atoms with Crippen molar-refractivity contribution in [2.45, 2.75) is 124 Å². The van der Waals surface area contributed by atoms with Crippen molar-refractivity contribution in [3.8, 4) is 11.5 Å². The fourth-order valence-corrected chi connectivity index (χ4v) is 10.5. The third-order valence-electron chi connectivity index (χ3n) is 14.7. The lowest BCUT2D eigenvalue weighted by molar-refractivity contribution is -0.156. The van der Waals surface area contributed by atoms with Gasteiger partial charge in [0.15, 0.2) is 11.3 Å². The van der Waals surface area contributed by atoms with Crippen LogP contribution in [0.3, 0.4) is 0 Å². The molecular weight excluding hydrogens is 1080 g/mol. The molecule has 0 spiro atoms. The molecule has 6 aliphatic rings. The van der Waals surface area contributed by atoms with Gasteiger partial charge in [0.05, 0.1) is 27.7 Å². The molecule has 2 aromatic carbocycles. The average Bonchev–Trinajstić information content (AvgIpc) is 4.49. The third-order valence-corrected chi connectivity index (χ3v) is 14.7. The monoisotopic (exact) mass is 1150 g/mol. The minimum atomic E-state index is -4.64. The van der Waals surface area contributed by atoms with E-state index in [9.17, 15) is 35.9 Å². The molecule has 0 saturated carbocycles. The lowest BCUT2D eigenvalue weighted by Gasteiger charge is -2.31. The Morgan fingerprint density at radius 2 is 1.20 bits per heavy atom. The Morgan fingerprint density at radius 1 is 0.720 bits per heavy atom. The maximum absolute atomic E-state index is 14.6. The van der Waals surface area contributed by atoms with Gasteiger partial charge in [-0.25, -0.2) is 18.7 Å². The minimum absolute atomic E-state index is 0. The molecule has 5 aliphatic heterocycles. The molecule has 0 radical (unpaired) electrons. The topological polar surface area (TPSA) is 198 Å². The highest BCUT2D eigenvalue weighted by Gasteiger charge is 2.29. The van der Waals surface area contributed by atoms with Crippen LogP contribution in [0.2, 0.25) is 0 Å². The number of carbonyl (C=O) groups is 3. The number of aryl methyl sites for hydroxylation is 2. The number of ether oxygens (including phenoxy) is 4. The molecule has 9 heterocycles. The van der Waals surface area contributed by atoms with Crippen molar-refractivity contribution in [1.29, 1.82) is 0 Å². The van der Waals surface area contributed by atoms with Gasteiger partial charge < -0.3 is 29.0 Å². The smallest absolute Gasteiger partial charge is 0.446 e. The summed E-state index contributed by atoms with van der Waals surface area (Å²) in [5.74, 6) is 2.35. The summed E-state index contributed by atoms with van der Waals surface area (Å²) in [5.41, 5.74) is 9.43. The van der Waals surface area contributed by atoms with E-state index in [4.69, 9.17) is 36.6 Å². The van der Waals surface area contributed by atoms with E-state index in [1.165, 1.54) is 30.5 Å². The van der Waals surface area contributed by atoms with Crippen LogP contribution in [0.25, 0.3) is 22.4 Å². The van der Waals surface area contributed by atoms with Crippen LogP contribution >= 0.6 is 0 Å². The maximum Gasteiger partial charge on any atom is 0.446 e. The molecule has 0 bridgehead atoms. The summed E-state index contributed by atoms with van der Waals surface area (Å²) in [6, 6.07) is 6.42. The van der Waals surface area contributed by atoms with Gasteiger partial charge in [-0.1, -0.05) is 33.4 Å². The Kier molecular flexibility index (Phi) is 23.2. The first-order valence-electron chi connectivity index (χ1n) is 28.6. The van der Waals surface area contributed by atoms with Gasteiger partial charge in [0.2, 0.25) is 12.2 Å². The van der Waals surface area contributed by atoms with Crippen molar-refractivity contribution in [2.75, 3.05) is 59.9 Å². The molecule has 23 heteroatoms. The summed E-state index contributed by atoms with van der Waals surface area (Å²) in [6.45, 7) is 7.35. The molecule has 0 atom stereocenters. The number of carboxylic acids is 1. The zero-order valence-electron chi connectivity index (χ0n) is 47.3. The van der Waals surface area contributed by atoms with Gasteiger partial charge in [0, 0.05) is 107 Å². The summed E-state index contributed by atoms with van der Waals surface area (Å²) >= 11 is 0. The van der Waals surface area contributed by atoms with Gasteiger partial charge in [-0.2, -0.15) is 13.2 Å². The molecule has 17 nitrogen and oxygen atoms in total. The molecule has 2 saturated heterocycles. The quantitative estimate of drug-likeness (QED) is 0.100. The van der Waals surface area contributed by atoms with Crippen LogP contribution in [0.1, 0.15) is 127 Å². The summed E-state index contributed by atoms with van der Waals surface area (Å²) in [6.07, 6.45) is 18.0. The van der Waals surface area contributed by atoms with Crippen molar-refractivity contribution in [2.24, 2.45) is 11.8 Å². The fraction of sp³-hybridized carbons (Fsp3) is 0.508. The van der Waals surface area contributed by atoms with Crippen LogP contribution in [-0.2, 0) is 62.4 Å². The van der Waals surface area contributed by atoms with E-state index in [2.05, 4.69) is 37.5 Å². The van der Waals surface area contributed by atoms with E-state index in [1.807, 2.05) is 26.1 Å². The minimum Gasteiger partial charge on any atom is -0.493 e. The van der Waals surface area contributed by atoms with Crippen LogP contribution in [0.15, 0.2) is 61.5 Å². The van der Waals surface area contributed by atoms with Gasteiger partial charge in [-0.05, 0) is 117 Å². The third kappa shape index (κ3) is 16.3. The molecule has 444 valence electrons. The number of hydrogen-bond donors (Lipinski definition) is 1. The van der Waals surface area contributed by atoms with Crippen LogP contribution in [0, 0.1) is 23.5 Å². The van der Waals surface area contributed by atoms with E-state index in [1.54, 1.807) is 31.7 Å².